The van der Waals surface area contributed by atoms with Crippen LogP contribution in [0.4, 0.5) is 0 Å². The van der Waals surface area contributed by atoms with Gasteiger partial charge >= 0.3 is 0 Å². The summed E-state index contributed by atoms with van der Waals surface area (Å²) in [6.45, 7) is 0. The minimum atomic E-state index is -0.200. The van der Waals surface area contributed by atoms with E-state index in [1.807, 2.05) is 6.07 Å². The van der Waals surface area contributed by atoms with Gasteiger partial charge in [-0.05, 0) is 18.4 Å². The second-order valence-electron chi connectivity index (χ2n) is 4.17. The van der Waals surface area contributed by atoms with Crippen molar-refractivity contribution in [3.8, 4) is 0 Å². The molecule has 1 aromatic rings. The van der Waals surface area contributed by atoms with Gasteiger partial charge in [0.25, 0.3) is 0 Å². The molecule has 1 aliphatic carbocycles. The first-order valence-corrected chi connectivity index (χ1v) is 5.65. The van der Waals surface area contributed by atoms with Crippen LogP contribution in [0.25, 0.3) is 0 Å². The second-order valence-corrected chi connectivity index (χ2v) is 4.17. The number of rotatable bonds is 3. The van der Waals surface area contributed by atoms with Crippen molar-refractivity contribution in [3.63, 3.8) is 0 Å². The summed E-state index contributed by atoms with van der Waals surface area (Å²) in [5, 5.41) is 0. The lowest BCUT2D eigenvalue weighted by atomic mass is 9.80. The zero-order valence-electron chi connectivity index (χ0n) is 9.24. The van der Waals surface area contributed by atoms with E-state index in [0.29, 0.717) is 0 Å². The third-order valence-corrected chi connectivity index (χ3v) is 3.20. The van der Waals surface area contributed by atoms with Gasteiger partial charge in [0.15, 0.2) is 0 Å². The highest BCUT2D eigenvalue weighted by Crippen LogP contribution is 2.40. The molecule has 0 unspecified atom stereocenters. The molecule has 0 saturated heterocycles. The fourth-order valence-electron chi connectivity index (χ4n) is 2.44. The van der Waals surface area contributed by atoms with Gasteiger partial charge in [-0.1, -0.05) is 49.6 Å². The molecule has 0 bridgehead atoms. The van der Waals surface area contributed by atoms with Crippen LogP contribution in [0, 0.1) is 0 Å². The molecule has 1 fully saturated rings. The first-order chi connectivity index (χ1) is 7.37. The van der Waals surface area contributed by atoms with Gasteiger partial charge in [-0.2, -0.15) is 0 Å². The molecule has 2 nitrogen and oxygen atoms in total. The van der Waals surface area contributed by atoms with Gasteiger partial charge in [-0.25, -0.2) is 9.78 Å². The molecular weight excluding hydrogens is 188 g/mol. The van der Waals surface area contributed by atoms with E-state index in [1.165, 1.54) is 24.8 Å². The summed E-state index contributed by atoms with van der Waals surface area (Å²) < 4.78 is 0. The molecule has 1 aliphatic rings. The van der Waals surface area contributed by atoms with Crippen molar-refractivity contribution in [3.05, 3.63) is 35.9 Å². The molecule has 0 amide bonds. The van der Waals surface area contributed by atoms with Crippen LogP contribution in [0.2, 0.25) is 0 Å². The zero-order chi connectivity index (χ0) is 10.6. The maximum absolute atomic E-state index is 5.56. The Balaban J connectivity index is 2.25. The normalized spacial score (nSPS) is 20.1. The molecule has 0 aromatic heterocycles. The van der Waals surface area contributed by atoms with Crippen LogP contribution in [0.1, 0.15) is 37.7 Å². The van der Waals surface area contributed by atoms with Gasteiger partial charge < -0.3 is 0 Å². The Bertz CT molecular complexity index is 283. The average Bonchev–Trinajstić information content (AvgIpc) is 2.32. The minimum Gasteiger partial charge on any atom is -0.239 e. The fourth-order valence-corrected chi connectivity index (χ4v) is 2.44. The van der Waals surface area contributed by atoms with Gasteiger partial charge in [0.2, 0.25) is 0 Å². The van der Waals surface area contributed by atoms with Gasteiger partial charge in [-0.15, -0.1) is 0 Å². The summed E-state index contributed by atoms with van der Waals surface area (Å²) in [6.07, 6.45) is 5.87. The van der Waals surface area contributed by atoms with Crippen LogP contribution < -0.4 is 0 Å². The molecule has 2 rings (SSSR count). The molecule has 15 heavy (non-hydrogen) atoms. The Kier molecular flexibility index (Phi) is 3.39. The lowest BCUT2D eigenvalue weighted by Gasteiger charge is -2.35. The smallest absolute Gasteiger partial charge is 0.128 e. The molecule has 1 saturated carbocycles. The number of hydrogen-bond donors (Lipinski definition) is 0. The minimum absolute atomic E-state index is 0.200. The van der Waals surface area contributed by atoms with Crippen molar-refractivity contribution >= 4 is 0 Å². The topological polar surface area (TPSA) is 18.5 Å². The molecule has 0 atom stereocenters. The van der Waals surface area contributed by atoms with Crippen LogP contribution in [0.5, 0.6) is 0 Å². The molecule has 0 radical (unpaired) electrons. The van der Waals surface area contributed by atoms with Crippen LogP contribution in [-0.4, -0.2) is 7.11 Å². The van der Waals surface area contributed by atoms with Crippen LogP contribution >= 0.6 is 0 Å². The quantitative estimate of drug-likeness (QED) is 0.557. The first kappa shape index (κ1) is 10.7. The third kappa shape index (κ3) is 2.21. The van der Waals surface area contributed by atoms with E-state index in [9.17, 15) is 0 Å². The Morgan fingerprint density at radius 1 is 1.00 bits per heavy atom. The van der Waals surface area contributed by atoms with E-state index in [-0.39, 0.29) is 5.60 Å². The van der Waals surface area contributed by atoms with E-state index in [4.69, 9.17) is 9.78 Å². The van der Waals surface area contributed by atoms with Crippen molar-refractivity contribution in [1.82, 2.24) is 0 Å². The zero-order valence-corrected chi connectivity index (χ0v) is 9.24. The SMILES string of the molecule is COOC1(c2ccccc2)CCCCC1. The standard InChI is InChI=1S/C13H18O2/c1-14-15-13(10-6-3-7-11-13)12-8-4-2-5-9-12/h2,4-5,8-9H,3,6-7,10-11H2,1H3. The summed E-state index contributed by atoms with van der Waals surface area (Å²) in [6, 6.07) is 10.4. The van der Waals surface area contributed by atoms with Crippen LogP contribution in [-0.2, 0) is 15.4 Å². The van der Waals surface area contributed by atoms with E-state index >= 15 is 0 Å². The van der Waals surface area contributed by atoms with Crippen molar-refractivity contribution in [2.24, 2.45) is 0 Å². The van der Waals surface area contributed by atoms with E-state index in [0.717, 1.165) is 12.8 Å². The molecule has 82 valence electrons. The van der Waals surface area contributed by atoms with E-state index in [1.54, 1.807) is 7.11 Å². The fraction of sp³-hybridized carbons (Fsp3) is 0.538. The molecule has 0 heterocycles. The highest BCUT2D eigenvalue weighted by atomic mass is 17.2. The Morgan fingerprint density at radius 2 is 1.67 bits per heavy atom. The highest BCUT2D eigenvalue weighted by molar-refractivity contribution is 5.22. The molecule has 0 aliphatic heterocycles. The van der Waals surface area contributed by atoms with Gasteiger partial charge in [-0.3, -0.25) is 0 Å². The third-order valence-electron chi connectivity index (χ3n) is 3.20. The highest BCUT2D eigenvalue weighted by Gasteiger charge is 2.35. The largest absolute Gasteiger partial charge is 0.239 e. The summed E-state index contributed by atoms with van der Waals surface area (Å²) in [7, 11) is 1.60. The van der Waals surface area contributed by atoms with Crippen molar-refractivity contribution in [2.45, 2.75) is 37.7 Å². The van der Waals surface area contributed by atoms with Crippen LogP contribution in [0.3, 0.4) is 0 Å². The molecule has 1 aromatic carbocycles. The van der Waals surface area contributed by atoms with Gasteiger partial charge in [0.05, 0.1) is 7.11 Å². The van der Waals surface area contributed by atoms with Crippen LogP contribution in [0.15, 0.2) is 30.3 Å². The predicted octanol–water partition coefficient (Wildman–Crippen LogP) is 3.42. The Labute approximate surface area is 91.1 Å². The first-order valence-electron chi connectivity index (χ1n) is 5.65. The summed E-state index contributed by atoms with van der Waals surface area (Å²) in [4.78, 5) is 10.5. The summed E-state index contributed by atoms with van der Waals surface area (Å²) in [5.74, 6) is 0. The molecule has 0 spiro atoms. The maximum Gasteiger partial charge on any atom is 0.128 e. The lowest BCUT2D eigenvalue weighted by molar-refractivity contribution is -0.357. The Hall–Kier alpha value is -0.860. The Morgan fingerprint density at radius 3 is 2.27 bits per heavy atom. The summed E-state index contributed by atoms with van der Waals surface area (Å²) in [5.41, 5.74) is 1.04. The maximum atomic E-state index is 5.56. The summed E-state index contributed by atoms with van der Waals surface area (Å²) >= 11 is 0. The van der Waals surface area contributed by atoms with Gasteiger partial charge in [0, 0.05) is 0 Å². The lowest BCUT2D eigenvalue weighted by Crippen LogP contribution is -2.32. The molecule has 2 heteroatoms. The van der Waals surface area contributed by atoms with Crippen molar-refractivity contribution in [1.29, 1.82) is 0 Å². The van der Waals surface area contributed by atoms with E-state index < -0.39 is 0 Å². The number of benzene rings is 1. The molecular formula is C13H18O2. The monoisotopic (exact) mass is 206 g/mol. The predicted molar refractivity (Wildman–Crippen MR) is 59.3 cm³/mol. The molecule has 0 N–H and O–H groups in total. The number of hydrogen-bond acceptors (Lipinski definition) is 2. The second kappa shape index (κ2) is 4.77. The van der Waals surface area contributed by atoms with Gasteiger partial charge in [0.1, 0.15) is 5.60 Å². The van der Waals surface area contributed by atoms with Crippen molar-refractivity contribution in [2.75, 3.05) is 7.11 Å². The average molecular weight is 206 g/mol. The van der Waals surface area contributed by atoms with Crippen molar-refractivity contribution < 1.29 is 9.78 Å². The van der Waals surface area contributed by atoms with E-state index in [2.05, 4.69) is 24.3 Å².